The van der Waals surface area contributed by atoms with Crippen molar-refractivity contribution in [2.45, 2.75) is 0 Å². The van der Waals surface area contributed by atoms with Crippen molar-refractivity contribution < 1.29 is 9.84 Å². The molecule has 20 heavy (non-hydrogen) atoms. The molecule has 0 aliphatic heterocycles. The van der Waals surface area contributed by atoms with E-state index in [2.05, 4.69) is 15.4 Å². The maximum atomic E-state index is 9.34. The number of hydrogen-bond donors (Lipinski definition) is 2. The van der Waals surface area contributed by atoms with E-state index in [1.54, 1.807) is 31.4 Å². The first-order valence-electron chi connectivity index (χ1n) is 6.12. The molecule has 0 atom stereocenters. The van der Waals surface area contributed by atoms with Crippen LogP contribution in [0.4, 0.5) is 0 Å². The molecular weight excluding hydrogens is 254 g/mol. The average Bonchev–Trinajstić information content (AvgIpc) is 2.97. The predicted octanol–water partition coefficient (Wildman–Crippen LogP) is 2.85. The molecule has 100 valence electrons. The van der Waals surface area contributed by atoms with Gasteiger partial charge in [-0.3, -0.25) is 0 Å². The summed E-state index contributed by atoms with van der Waals surface area (Å²) in [5.41, 5.74) is 3.35. The lowest BCUT2D eigenvalue weighted by Gasteiger charge is -2.03. The maximum absolute atomic E-state index is 9.34. The Bertz CT molecular complexity index is 703. The van der Waals surface area contributed by atoms with Gasteiger partial charge in [0.15, 0.2) is 0 Å². The number of H-pyrrole nitrogens is 1. The summed E-state index contributed by atoms with van der Waals surface area (Å²) < 4.78 is 5.14. The normalized spacial score (nSPS) is 10.4. The zero-order chi connectivity index (χ0) is 13.9. The maximum Gasteiger partial charge on any atom is 0.120 e. The van der Waals surface area contributed by atoms with Gasteiger partial charge in [-0.25, -0.2) is 0 Å². The van der Waals surface area contributed by atoms with Crippen molar-refractivity contribution >= 4 is 0 Å². The smallest absolute Gasteiger partial charge is 0.120 e. The topological polar surface area (TPSA) is 71.0 Å². The number of phenols is 1. The van der Waals surface area contributed by atoms with Crippen LogP contribution in [0.25, 0.3) is 22.5 Å². The fraction of sp³-hybridized carbons (Fsp3) is 0.0667. The second-order valence-corrected chi connectivity index (χ2v) is 4.30. The summed E-state index contributed by atoms with van der Waals surface area (Å²) >= 11 is 0. The van der Waals surface area contributed by atoms with E-state index in [4.69, 9.17) is 4.74 Å². The molecule has 0 fully saturated rings. The Labute approximate surface area is 115 Å². The highest BCUT2D eigenvalue weighted by Gasteiger charge is 2.12. The van der Waals surface area contributed by atoms with Crippen LogP contribution in [0.2, 0.25) is 0 Å². The number of benzene rings is 2. The molecule has 0 saturated heterocycles. The van der Waals surface area contributed by atoms with E-state index < -0.39 is 0 Å². The summed E-state index contributed by atoms with van der Waals surface area (Å²) in [6.07, 6.45) is 0. The number of aromatic amines is 1. The first-order chi connectivity index (χ1) is 9.78. The molecule has 5 nitrogen and oxygen atoms in total. The van der Waals surface area contributed by atoms with E-state index in [9.17, 15) is 5.11 Å². The van der Waals surface area contributed by atoms with Gasteiger partial charge in [0.2, 0.25) is 0 Å². The molecule has 2 N–H and O–H groups in total. The number of methoxy groups -OCH3 is 1. The molecular formula is C15H13N3O2. The highest BCUT2D eigenvalue weighted by molar-refractivity contribution is 5.77. The van der Waals surface area contributed by atoms with E-state index in [-0.39, 0.29) is 5.75 Å². The number of aromatic hydroxyl groups is 1. The van der Waals surface area contributed by atoms with Gasteiger partial charge in [0.05, 0.1) is 7.11 Å². The van der Waals surface area contributed by atoms with E-state index >= 15 is 0 Å². The van der Waals surface area contributed by atoms with Crippen molar-refractivity contribution in [2.75, 3.05) is 7.11 Å². The highest BCUT2D eigenvalue weighted by atomic mass is 16.5. The van der Waals surface area contributed by atoms with Crippen LogP contribution in [0, 0.1) is 0 Å². The molecule has 0 spiro atoms. The number of hydrogen-bond acceptors (Lipinski definition) is 4. The van der Waals surface area contributed by atoms with Crippen LogP contribution in [0.15, 0.2) is 48.5 Å². The first kappa shape index (κ1) is 12.2. The molecule has 0 saturated carbocycles. The van der Waals surface area contributed by atoms with E-state index in [1.165, 1.54) is 0 Å². The molecule has 0 bridgehead atoms. The lowest BCUT2D eigenvalue weighted by atomic mass is 10.0. The number of rotatable bonds is 3. The number of aromatic nitrogens is 3. The molecule has 1 heterocycles. The van der Waals surface area contributed by atoms with Crippen LogP contribution in [0.5, 0.6) is 11.5 Å². The number of nitrogens with one attached hydrogen (secondary N) is 1. The lowest BCUT2D eigenvalue weighted by molar-refractivity contribution is 0.415. The van der Waals surface area contributed by atoms with Crippen molar-refractivity contribution in [3.8, 4) is 34.0 Å². The van der Waals surface area contributed by atoms with Crippen molar-refractivity contribution in [3.05, 3.63) is 48.5 Å². The van der Waals surface area contributed by atoms with E-state index in [0.717, 1.165) is 28.3 Å². The molecule has 3 rings (SSSR count). The fourth-order valence-corrected chi connectivity index (χ4v) is 2.00. The van der Waals surface area contributed by atoms with Crippen molar-refractivity contribution in [2.24, 2.45) is 0 Å². The Hall–Kier alpha value is -2.82. The Kier molecular flexibility index (Phi) is 3.09. The third kappa shape index (κ3) is 2.21. The monoisotopic (exact) mass is 267 g/mol. The number of nitrogens with zero attached hydrogens (tertiary/aromatic N) is 2. The predicted molar refractivity (Wildman–Crippen MR) is 75.5 cm³/mol. The minimum atomic E-state index is 0.225. The van der Waals surface area contributed by atoms with Gasteiger partial charge in [-0.15, -0.1) is 0 Å². The van der Waals surface area contributed by atoms with E-state index in [0.29, 0.717) is 0 Å². The second-order valence-electron chi connectivity index (χ2n) is 4.30. The van der Waals surface area contributed by atoms with Crippen LogP contribution >= 0.6 is 0 Å². The van der Waals surface area contributed by atoms with E-state index in [1.807, 2.05) is 24.3 Å². The average molecular weight is 267 g/mol. The number of ether oxygens (including phenoxy) is 1. The molecule has 5 heteroatoms. The van der Waals surface area contributed by atoms with Crippen molar-refractivity contribution in [3.63, 3.8) is 0 Å². The Morgan fingerprint density at radius 3 is 1.85 bits per heavy atom. The largest absolute Gasteiger partial charge is 0.508 e. The molecule has 2 aromatic carbocycles. The minimum Gasteiger partial charge on any atom is -0.508 e. The zero-order valence-electron chi connectivity index (χ0n) is 10.9. The Balaban J connectivity index is 2.02. The number of phenolic OH excluding ortho intramolecular Hbond substituents is 1. The molecule has 0 aliphatic carbocycles. The van der Waals surface area contributed by atoms with Crippen LogP contribution in [0.3, 0.4) is 0 Å². The zero-order valence-corrected chi connectivity index (χ0v) is 10.9. The van der Waals surface area contributed by atoms with Gasteiger partial charge in [0.25, 0.3) is 0 Å². The first-order valence-corrected chi connectivity index (χ1v) is 6.12. The fourth-order valence-electron chi connectivity index (χ4n) is 2.00. The van der Waals surface area contributed by atoms with Gasteiger partial charge in [-0.1, -0.05) is 0 Å². The molecule has 0 unspecified atom stereocenters. The summed E-state index contributed by atoms with van der Waals surface area (Å²) in [6.45, 7) is 0. The van der Waals surface area contributed by atoms with Gasteiger partial charge < -0.3 is 9.84 Å². The van der Waals surface area contributed by atoms with Crippen LogP contribution < -0.4 is 4.74 Å². The third-order valence-corrected chi connectivity index (χ3v) is 3.05. The van der Waals surface area contributed by atoms with Gasteiger partial charge in [-0.05, 0) is 48.5 Å². The Morgan fingerprint density at radius 1 is 0.850 bits per heavy atom. The summed E-state index contributed by atoms with van der Waals surface area (Å²) in [5.74, 6) is 1.02. The highest BCUT2D eigenvalue weighted by Crippen LogP contribution is 2.29. The SMILES string of the molecule is COc1ccc(-c2n[nH]nc2-c2ccc(O)cc2)cc1. The minimum absolute atomic E-state index is 0.225. The van der Waals surface area contributed by atoms with Crippen molar-refractivity contribution in [1.82, 2.24) is 15.4 Å². The molecule has 0 aliphatic rings. The Morgan fingerprint density at radius 2 is 1.35 bits per heavy atom. The summed E-state index contributed by atoms with van der Waals surface area (Å²) in [7, 11) is 1.63. The molecule has 0 radical (unpaired) electrons. The summed E-state index contributed by atoms with van der Waals surface area (Å²) in [5, 5.41) is 20.4. The van der Waals surface area contributed by atoms with Crippen LogP contribution in [-0.4, -0.2) is 27.6 Å². The van der Waals surface area contributed by atoms with Crippen molar-refractivity contribution in [1.29, 1.82) is 0 Å². The standard InChI is InChI=1S/C15H13N3O2/c1-20-13-8-4-11(5-9-13)15-14(16-18-17-15)10-2-6-12(19)7-3-10/h2-9,19H,1H3,(H,16,17,18). The molecule has 1 aromatic heterocycles. The van der Waals surface area contributed by atoms with Crippen LogP contribution in [-0.2, 0) is 0 Å². The summed E-state index contributed by atoms with van der Waals surface area (Å²) in [4.78, 5) is 0. The summed E-state index contributed by atoms with van der Waals surface area (Å²) in [6, 6.07) is 14.5. The molecule has 0 amide bonds. The van der Waals surface area contributed by atoms with Crippen LogP contribution in [0.1, 0.15) is 0 Å². The third-order valence-electron chi connectivity index (χ3n) is 3.05. The van der Waals surface area contributed by atoms with Gasteiger partial charge in [0.1, 0.15) is 22.9 Å². The van der Waals surface area contributed by atoms with Gasteiger partial charge >= 0.3 is 0 Å². The van der Waals surface area contributed by atoms with Gasteiger partial charge in [0, 0.05) is 11.1 Å². The van der Waals surface area contributed by atoms with Gasteiger partial charge in [-0.2, -0.15) is 15.4 Å². The molecule has 3 aromatic rings. The lowest BCUT2D eigenvalue weighted by Crippen LogP contribution is -1.85. The quantitative estimate of drug-likeness (QED) is 0.765. The second kappa shape index (κ2) is 5.05.